The van der Waals surface area contributed by atoms with Gasteiger partial charge in [0.25, 0.3) is 0 Å². The van der Waals surface area contributed by atoms with Crippen LogP contribution < -0.4 is 24.8 Å². The van der Waals surface area contributed by atoms with E-state index >= 15 is 0 Å². The van der Waals surface area contributed by atoms with Crippen LogP contribution in [0.3, 0.4) is 0 Å². The van der Waals surface area contributed by atoms with E-state index in [0.717, 1.165) is 12.8 Å². The van der Waals surface area contributed by atoms with Crippen LogP contribution in [0.15, 0.2) is 54.6 Å². The third kappa shape index (κ3) is 4.27. The van der Waals surface area contributed by atoms with Gasteiger partial charge in [0.2, 0.25) is 0 Å². The fraction of sp³-hybridized carbons (Fsp3) is 0.286. The number of allylic oxidation sites excluding steroid dienone is 1. The smallest absolute Gasteiger partial charge is 1.00 e. The zero-order chi connectivity index (χ0) is 20.1. The van der Waals surface area contributed by atoms with Crippen LogP contribution in [-0.4, -0.2) is 0 Å². The van der Waals surface area contributed by atoms with Gasteiger partial charge in [0.1, 0.15) is 0 Å². The van der Waals surface area contributed by atoms with Crippen LogP contribution in [0.25, 0.3) is 17.2 Å². The first-order valence-electron chi connectivity index (χ1n) is 10.9. The predicted octanol–water partition coefficient (Wildman–Crippen LogP) is 1.36. The summed E-state index contributed by atoms with van der Waals surface area (Å²) in [6.45, 7) is 9.06. The summed E-state index contributed by atoms with van der Waals surface area (Å²) in [6.07, 6.45) is 7.16. The minimum Gasteiger partial charge on any atom is -1.00 e. The molecule has 0 aliphatic heterocycles. The molecule has 3 heteroatoms. The van der Waals surface area contributed by atoms with E-state index in [1.54, 1.807) is 16.7 Å². The predicted molar refractivity (Wildman–Crippen MR) is 120 cm³/mol. The monoisotopic (exact) mass is 524 g/mol. The van der Waals surface area contributed by atoms with Gasteiger partial charge in [0.05, 0.1) is 0 Å². The van der Waals surface area contributed by atoms with Crippen LogP contribution in [0, 0.1) is 13.8 Å². The molecule has 31 heavy (non-hydrogen) atoms. The first-order chi connectivity index (χ1) is 14.1. The molecule has 158 valence electrons. The normalized spacial score (nSPS) is 15.4. The van der Waals surface area contributed by atoms with E-state index in [1.165, 1.54) is 38.9 Å². The maximum Gasteiger partial charge on any atom is -1.00 e. The molecule has 2 aliphatic carbocycles. The van der Waals surface area contributed by atoms with Crippen molar-refractivity contribution in [1.29, 1.82) is 0 Å². The van der Waals surface area contributed by atoms with Crippen molar-refractivity contribution in [2.24, 2.45) is 0 Å². The molecule has 0 bridgehead atoms. The average Bonchev–Trinajstić information content (AvgIpc) is 3.27. The van der Waals surface area contributed by atoms with Crippen molar-refractivity contribution in [3.63, 3.8) is 0 Å². The van der Waals surface area contributed by atoms with Crippen molar-refractivity contribution >= 4 is 6.08 Å². The Hall–Kier alpha value is -1.14. The molecule has 0 spiro atoms. The second kappa shape index (κ2) is 9.78. The number of benzene rings is 3. The summed E-state index contributed by atoms with van der Waals surface area (Å²) in [5, 5.41) is 0. The maximum atomic E-state index is 2.52. The van der Waals surface area contributed by atoms with Crippen molar-refractivity contribution < 1.29 is 48.0 Å². The average molecular weight is 527 g/mol. The molecule has 1 unspecified atom stereocenters. The summed E-state index contributed by atoms with van der Waals surface area (Å²) in [6, 6.07) is 19.3. The van der Waals surface area contributed by atoms with E-state index in [9.17, 15) is 0 Å². The van der Waals surface area contributed by atoms with Gasteiger partial charge >= 0.3 is 187 Å². The molecule has 3 aromatic rings. The van der Waals surface area contributed by atoms with Gasteiger partial charge in [0.15, 0.2) is 0 Å². The Labute approximate surface area is 210 Å². The Kier molecular flexibility index (Phi) is 7.73. The van der Waals surface area contributed by atoms with E-state index in [-0.39, 0.29) is 24.8 Å². The Morgan fingerprint density at radius 1 is 0.742 bits per heavy atom. The van der Waals surface area contributed by atoms with E-state index in [1.807, 2.05) is 0 Å². The number of hydrogen-bond acceptors (Lipinski definition) is 0. The topological polar surface area (TPSA) is 0 Å². The summed E-state index contributed by atoms with van der Waals surface area (Å²) in [7, 11) is 0. The van der Waals surface area contributed by atoms with Gasteiger partial charge in [-0.25, -0.2) is 0 Å². The van der Waals surface area contributed by atoms with Gasteiger partial charge in [-0.15, -0.1) is 0 Å². The van der Waals surface area contributed by atoms with Crippen molar-refractivity contribution in [3.8, 4) is 11.1 Å². The molecule has 5 rings (SSSR count). The molecule has 0 heterocycles. The molecule has 0 saturated carbocycles. The minimum absolute atomic E-state index is 0. The van der Waals surface area contributed by atoms with Crippen molar-refractivity contribution in [2.75, 3.05) is 0 Å². The van der Waals surface area contributed by atoms with Gasteiger partial charge in [-0.2, -0.15) is 0 Å². The van der Waals surface area contributed by atoms with Crippen molar-refractivity contribution in [2.45, 2.75) is 47.8 Å². The van der Waals surface area contributed by atoms with E-state index in [2.05, 4.69) is 88.4 Å². The fourth-order valence-corrected chi connectivity index (χ4v) is 9.57. The molecular formula is C28H28Cl2Zr. The van der Waals surface area contributed by atoms with Gasteiger partial charge in [-0.05, 0) is 0 Å². The number of aryl methyl sites for hydroxylation is 4. The molecule has 0 nitrogen and oxygen atoms in total. The summed E-state index contributed by atoms with van der Waals surface area (Å²) in [5.74, 6) is 0. The summed E-state index contributed by atoms with van der Waals surface area (Å²) >= 11 is -0.783. The number of rotatable bonds is 4. The molecular weight excluding hydrogens is 498 g/mol. The number of halogens is 2. The molecule has 3 aromatic carbocycles. The van der Waals surface area contributed by atoms with Crippen molar-refractivity contribution in [1.82, 2.24) is 0 Å². The second-order valence-corrected chi connectivity index (χ2v) is 12.3. The SMILES string of the molecule is CCc1ccc2c(c1)[CH]([Zr+2][CH]1C=Cc3c(C)cc(C)cc31)c1cc(CC)ccc1-2.[Cl-].[Cl-]. The fourth-order valence-electron chi connectivity index (χ4n) is 5.10. The number of hydrogen-bond donors (Lipinski definition) is 0. The third-order valence-electron chi connectivity index (χ3n) is 6.66. The van der Waals surface area contributed by atoms with E-state index in [4.69, 9.17) is 0 Å². The van der Waals surface area contributed by atoms with Gasteiger partial charge in [-0.3, -0.25) is 0 Å². The summed E-state index contributed by atoms with van der Waals surface area (Å²) in [5.41, 5.74) is 15.1. The molecule has 1 atom stereocenters. The van der Waals surface area contributed by atoms with E-state index < -0.39 is 23.2 Å². The first-order valence-corrected chi connectivity index (χ1v) is 13.7. The largest absolute Gasteiger partial charge is 1.00 e. The van der Waals surface area contributed by atoms with Crippen LogP contribution >= 0.6 is 0 Å². The van der Waals surface area contributed by atoms with Crippen LogP contribution in [0.5, 0.6) is 0 Å². The van der Waals surface area contributed by atoms with Crippen molar-refractivity contribution in [3.05, 3.63) is 99.1 Å². The Bertz CT molecular complexity index is 1090. The molecule has 0 aromatic heterocycles. The molecule has 0 N–H and O–H groups in total. The summed E-state index contributed by atoms with van der Waals surface area (Å²) in [4.78, 5) is 0. The van der Waals surface area contributed by atoms with E-state index in [0.29, 0.717) is 7.25 Å². The molecule has 0 saturated heterocycles. The van der Waals surface area contributed by atoms with Crippen LogP contribution in [0.2, 0.25) is 0 Å². The Balaban J connectivity index is 0.00000136. The molecule has 0 fully saturated rings. The zero-order valence-corrected chi connectivity index (χ0v) is 22.6. The van der Waals surface area contributed by atoms with Gasteiger partial charge < -0.3 is 24.8 Å². The van der Waals surface area contributed by atoms with Gasteiger partial charge in [-0.1, -0.05) is 0 Å². The maximum absolute atomic E-state index is 2.52. The zero-order valence-electron chi connectivity index (χ0n) is 18.6. The Morgan fingerprint density at radius 3 is 1.87 bits per heavy atom. The standard InChI is InChI=1S/C17H17.C11H11.2ClH.Zr/c1-3-12-5-7-16-14(9-12)11-15-10-13(4-2)6-8-17(15)16;1-8-6-9(2)11-5-3-4-10(11)7-8;;;/h5-11H,3-4H2,1-2H3;3-7H,1-2H3;2*1H;/q;;;;+2/p-2. The molecule has 2 aliphatic rings. The van der Waals surface area contributed by atoms with Crippen LogP contribution in [-0.2, 0) is 36.1 Å². The first kappa shape index (κ1) is 24.5. The molecule has 0 radical (unpaired) electrons. The van der Waals surface area contributed by atoms with Crippen LogP contribution in [0.4, 0.5) is 0 Å². The molecule has 0 amide bonds. The number of fused-ring (bicyclic) bond motifs is 4. The van der Waals surface area contributed by atoms with Crippen LogP contribution in [0.1, 0.15) is 65.6 Å². The summed E-state index contributed by atoms with van der Waals surface area (Å²) < 4.78 is 1.33. The Morgan fingerprint density at radius 2 is 1.32 bits per heavy atom. The minimum atomic E-state index is -0.783. The quantitative estimate of drug-likeness (QED) is 0.482. The van der Waals surface area contributed by atoms with Gasteiger partial charge in [0, 0.05) is 0 Å². The second-order valence-electron chi connectivity index (χ2n) is 8.57. The third-order valence-corrected chi connectivity index (χ3v) is 11.1.